The van der Waals surface area contributed by atoms with E-state index >= 15 is 0 Å². The fourth-order valence-corrected chi connectivity index (χ4v) is 1.27. The fraction of sp³-hybridized carbons (Fsp3) is 0.400. The third-order valence-electron chi connectivity index (χ3n) is 2.06. The van der Waals surface area contributed by atoms with Crippen LogP contribution in [0.4, 0.5) is 26.3 Å². The van der Waals surface area contributed by atoms with Gasteiger partial charge in [-0.1, -0.05) is 0 Å². The summed E-state index contributed by atoms with van der Waals surface area (Å²) in [7, 11) is 0. The topological polar surface area (TPSA) is 0 Å². The van der Waals surface area contributed by atoms with Crippen molar-refractivity contribution in [2.24, 2.45) is 0 Å². The van der Waals surface area contributed by atoms with Gasteiger partial charge >= 0.3 is 0 Å². The summed E-state index contributed by atoms with van der Waals surface area (Å²) >= 11 is 0. The van der Waals surface area contributed by atoms with Crippen LogP contribution in [0.1, 0.15) is 18.4 Å². The molecule has 0 N–H and O–H groups in total. The molecule has 0 unspecified atom stereocenters. The Hall–Kier alpha value is -1.20. The quantitative estimate of drug-likeness (QED) is 0.427. The molecule has 1 aromatic carbocycles. The molecule has 0 amide bonds. The van der Waals surface area contributed by atoms with Crippen molar-refractivity contribution in [3.8, 4) is 0 Å². The average Bonchev–Trinajstić information content (AvgIpc) is 2.19. The van der Waals surface area contributed by atoms with Crippen LogP contribution in [-0.4, -0.2) is 6.43 Å². The van der Waals surface area contributed by atoms with Gasteiger partial charge in [0, 0.05) is 18.1 Å². The second kappa shape index (κ2) is 5.23. The Morgan fingerprint density at radius 3 is 2.12 bits per heavy atom. The fourth-order valence-electron chi connectivity index (χ4n) is 1.27. The number of alkyl halides is 2. The molecule has 0 nitrogen and oxygen atoms in total. The molecule has 1 aromatic rings. The normalized spacial score (nSPS) is 11.2. The average molecular weight is 242 g/mol. The maximum atomic E-state index is 13.0. The summed E-state index contributed by atoms with van der Waals surface area (Å²) < 4.78 is 74.7. The maximum absolute atomic E-state index is 13.0. The Morgan fingerprint density at radius 1 is 0.938 bits per heavy atom. The molecular formula is C10H8F6. The zero-order chi connectivity index (χ0) is 12.3. The SMILES string of the molecule is Fc1cc(F)c(CCCC(F)F)c(F)c1F. The van der Waals surface area contributed by atoms with Crippen LogP contribution in [0.2, 0.25) is 0 Å². The summed E-state index contributed by atoms with van der Waals surface area (Å²) in [5, 5.41) is 0. The van der Waals surface area contributed by atoms with Crippen molar-refractivity contribution in [3.63, 3.8) is 0 Å². The molecule has 6 heteroatoms. The van der Waals surface area contributed by atoms with Crippen LogP contribution in [0.3, 0.4) is 0 Å². The zero-order valence-corrected chi connectivity index (χ0v) is 8.04. The predicted molar refractivity (Wildman–Crippen MR) is 45.2 cm³/mol. The molecule has 0 atom stereocenters. The van der Waals surface area contributed by atoms with Gasteiger partial charge in [0.2, 0.25) is 6.43 Å². The minimum atomic E-state index is -2.59. The second-order valence-electron chi connectivity index (χ2n) is 3.23. The number of halogens is 6. The Morgan fingerprint density at radius 2 is 1.56 bits per heavy atom. The van der Waals surface area contributed by atoms with Crippen LogP contribution in [0, 0.1) is 23.3 Å². The highest BCUT2D eigenvalue weighted by atomic mass is 19.3. The summed E-state index contributed by atoms with van der Waals surface area (Å²) in [6.07, 6.45) is -3.72. The molecule has 0 spiro atoms. The minimum Gasteiger partial charge on any atom is -0.211 e. The lowest BCUT2D eigenvalue weighted by Gasteiger charge is -2.06. The Balaban J connectivity index is 2.84. The lowest BCUT2D eigenvalue weighted by atomic mass is 10.1. The lowest BCUT2D eigenvalue weighted by Crippen LogP contribution is -2.03. The molecule has 1 rings (SSSR count). The van der Waals surface area contributed by atoms with Gasteiger partial charge in [-0.2, -0.15) is 0 Å². The number of hydrogen-bond donors (Lipinski definition) is 0. The van der Waals surface area contributed by atoms with E-state index in [1.807, 2.05) is 0 Å². The van der Waals surface area contributed by atoms with E-state index in [0.29, 0.717) is 0 Å². The van der Waals surface area contributed by atoms with E-state index in [4.69, 9.17) is 0 Å². The van der Waals surface area contributed by atoms with Gasteiger partial charge in [-0.15, -0.1) is 0 Å². The second-order valence-corrected chi connectivity index (χ2v) is 3.23. The van der Waals surface area contributed by atoms with Gasteiger partial charge in [0.15, 0.2) is 17.5 Å². The zero-order valence-electron chi connectivity index (χ0n) is 8.04. The van der Waals surface area contributed by atoms with Crippen molar-refractivity contribution in [2.45, 2.75) is 25.7 Å². The van der Waals surface area contributed by atoms with Crippen molar-refractivity contribution in [1.29, 1.82) is 0 Å². The van der Waals surface area contributed by atoms with Crippen LogP contribution < -0.4 is 0 Å². The molecule has 0 bridgehead atoms. The molecule has 0 saturated heterocycles. The van der Waals surface area contributed by atoms with Crippen molar-refractivity contribution in [2.75, 3.05) is 0 Å². The Bertz CT molecular complexity index is 374. The Kier molecular flexibility index (Phi) is 4.20. The first-order chi connectivity index (χ1) is 7.43. The van der Waals surface area contributed by atoms with Crippen LogP contribution >= 0.6 is 0 Å². The van der Waals surface area contributed by atoms with E-state index in [9.17, 15) is 26.3 Å². The lowest BCUT2D eigenvalue weighted by molar-refractivity contribution is 0.134. The molecule has 16 heavy (non-hydrogen) atoms. The van der Waals surface area contributed by atoms with Gasteiger partial charge < -0.3 is 0 Å². The standard InChI is InChI=1S/C10H8F6/c11-6-4-7(12)10(16)9(15)5(6)2-1-3-8(13)14/h4,8H,1-3H2. The Labute approximate surface area is 87.9 Å². The first-order valence-electron chi connectivity index (χ1n) is 4.53. The monoisotopic (exact) mass is 242 g/mol. The molecular weight excluding hydrogens is 234 g/mol. The van der Waals surface area contributed by atoms with Crippen LogP contribution in [-0.2, 0) is 6.42 Å². The number of rotatable bonds is 4. The van der Waals surface area contributed by atoms with Gasteiger partial charge in [0.25, 0.3) is 0 Å². The number of hydrogen-bond acceptors (Lipinski definition) is 0. The van der Waals surface area contributed by atoms with Crippen molar-refractivity contribution < 1.29 is 26.3 Å². The van der Waals surface area contributed by atoms with E-state index in [2.05, 4.69) is 0 Å². The highest BCUT2D eigenvalue weighted by Gasteiger charge is 2.18. The largest absolute Gasteiger partial charge is 0.238 e. The molecule has 0 aliphatic rings. The summed E-state index contributed by atoms with van der Waals surface area (Å²) in [6, 6.07) is 0.204. The van der Waals surface area contributed by atoms with Crippen LogP contribution in [0.5, 0.6) is 0 Å². The van der Waals surface area contributed by atoms with E-state index in [1.54, 1.807) is 0 Å². The minimum absolute atomic E-state index is 0.198. The van der Waals surface area contributed by atoms with E-state index in [-0.39, 0.29) is 18.9 Å². The first kappa shape index (κ1) is 12.9. The van der Waals surface area contributed by atoms with E-state index in [1.165, 1.54) is 0 Å². The van der Waals surface area contributed by atoms with Crippen molar-refractivity contribution in [1.82, 2.24) is 0 Å². The van der Waals surface area contributed by atoms with Gasteiger partial charge in [-0.3, -0.25) is 0 Å². The van der Waals surface area contributed by atoms with Gasteiger partial charge in [0.1, 0.15) is 5.82 Å². The molecule has 0 radical (unpaired) electrons. The third kappa shape index (κ3) is 2.90. The third-order valence-corrected chi connectivity index (χ3v) is 2.06. The predicted octanol–water partition coefficient (Wildman–Crippen LogP) is 3.83. The molecule has 90 valence electrons. The van der Waals surface area contributed by atoms with Crippen molar-refractivity contribution >= 4 is 0 Å². The van der Waals surface area contributed by atoms with Gasteiger partial charge in [-0.05, 0) is 12.8 Å². The van der Waals surface area contributed by atoms with Gasteiger partial charge in [0.05, 0.1) is 0 Å². The smallest absolute Gasteiger partial charge is 0.211 e. The summed E-state index contributed by atoms with van der Waals surface area (Å²) in [5.74, 6) is -6.32. The molecule has 0 fully saturated rings. The summed E-state index contributed by atoms with van der Waals surface area (Å²) in [6.45, 7) is 0. The highest BCUT2D eigenvalue weighted by molar-refractivity contribution is 5.22. The molecule has 0 aliphatic carbocycles. The van der Waals surface area contributed by atoms with E-state index < -0.39 is 41.7 Å². The summed E-state index contributed by atoms with van der Waals surface area (Å²) in [4.78, 5) is 0. The molecule has 0 heterocycles. The van der Waals surface area contributed by atoms with E-state index in [0.717, 1.165) is 0 Å². The number of benzene rings is 1. The maximum Gasteiger partial charge on any atom is 0.238 e. The van der Waals surface area contributed by atoms with Crippen LogP contribution in [0.25, 0.3) is 0 Å². The van der Waals surface area contributed by atoms with Crippen molar-refractivity contribution in [3.05, 3.63) is 34.9 Å². The highest BCUT2D eigenvalue weighted by Crippen LogP contribution is 2.21. The van der Waals surface area contributed by atoms with Crippen LogP contribution in [0.15, 0.2) is 6.07 Å². The summed E-state index contributed by atoms with van der Waals surface area (Å²) in [5.41, 5.74) is -0.695. The molecule has 0 aliphatic heterocycles. The van der Waals surface area contributed by atoms with Gasteiger partial charge in [-0.25, -0.2) is 26.3 Å². The first-order valence-corrected chi connectivity index (χ1v) is 4.53. The molecule has 0 saturated carbocycles. The molecule has 0 aromatic heterocycles.